The van der Waals surface area contributed by atoms with Gasteiger partial charge < -0.3 is 5.11 Å². The van der Waals surface area contributed by atoms with Crippen LogP contribution in [0.3, 0.4) is 0 Å². The van der Waals surface area contributed by atoms with Gasteiger partial charge in [0.1, 0.15) is 17.4 Å². The largest absolute Gasteiger partial charge is 0.508 e. The van der Waals surface area contributed by atoms with Crippen LogP contribution in [0.15, 0.2) is 42.5 Å². The molecule has 2 aromatic rings. The Hall–Kier alpha value is -1.47. The van der Waals surface area contributed by atoms with Crippen molar-refractivity contribution in [2.45, 2.75) is 31.8 Å². The summed E-state index contributed by atoms with van der Waals surface area (Å²) in [5.41, 5.74) is 0.831. The Balaban J connectivity index is 2.46. The van der Waals surface area contributed by atoms with Gasteiger partial charge in [0, 0.05) is 22.1 Å². The van der Waals surface area contributed by atoms with Crippen molar-refractivity contribution in [3.63, 3.8) is 0 Å². The summed E-state index contributed by atoms with van der Waals surface area (Å²) in [5, 5.41) is 10.3. The van der Waals surface area contributed by atoms with Crippen molar-refractivity contribution in [3.05, 3.63) is 59.7 Å². The first-order valence-corrected chi connectivity index (χ1v) is 8.04. The van der Waals surface area contributed by atoms with Crippen molar-refractivity contribution in [3.8, 4) is 5.75 Å². The van der Waals surface area contributed by atoms with Crippen LogP contribution in [-0.2, 0) is 5.16 Å². The van der Waals surface area contributed by atoms with Crippen molar-refractivity contribution in [1.29, 1.82) is 0 Å². The molecule has 0 spiro atoms. The van der Waals surface area contributed by atoms with Crippen LogP contribution in [0.4, 0.5) is 8.78 Å². The van der Waals surface area contributed by atoms with Crippen molar-refractivity contribution >= 4 is 13.9 Å². The second kappa shape index (κ2) is 6.53. The highest BCUT2D eigenvalue weighted by atomic mass is 31.1. The molecule has 0 aliphatic carbocycles. The molecule has 0 fully saturated rings. The third-order valence-corrected chi connectivity index (χ3v) is 6.06. The number of phenolic OH excluding ortho intramolecular Hbond substituents is 1. The third kappa shape index (κ3) is 3.24. The zero-order chi connectivity index (χ0) is 15.5. The Morgan fingerprint density at radius 1 is 1.05 bits per heavy atom. The fourth-order valence-corrected chi connectivity index (χ4v) is 4.18. The van der Waals surface area contributed by atoms with Crippen LogP contribution in [-0.4, -0.2) is 5.11 Å². The van der Waals surface area contributed by atoms with Crippen LogP contribution >= 0.6 is 8.58 Å². The highest BCUT2D eigenvalue weighted by Crippen LogP contribution is 2.49. The van der Waals surface area contributed by atoms with Gasteiger partial charge in [-0.1, -0.05) is 40.6 Å². The normalized spacial score (nSPS) is 12.2. The minimum Gasteiger partial charge on any atom is -0.508 e. The van der Waals surface area contributed by atoms with Crippen molar-refractivity contribution in [2.24, 2.45) is 0 Å². The number of halogens is 2. The van der Waals surface area contributed by atoms with E-state index in [0.717, 1.165) is 24.5 Å². The first kappa shape index (κ1) is 15.9. The molecule has 2 aromatic carbocycles. The molecule has 0 aromatic heterocycles. The van der Waals surface area contributed by atoms with Crippen LogP contribution < -0.4 is 5.30 Å². The van der Waals surface area contributed by atoms with Crippen molar-refractivity contribution in [2.75, 3.05) is 0 Å². The summed E-state index contributed by atoms with van der Waals surface area (Å²) in [6.45, 7) is 4.06. The minimum atomic E-state index is -0.567. The number of rotatable bonds is 5. The molecule has 0 bridgehead atoms. The Bertz CT molecular complexity index is 624. The van der Waals surface area contributed by atoms with Gasteiger partial charge >= 0.3 is 0 Å². The summed E-state index contributed by atoms with van der Waals surface area (Å²) in [6.07, 6.45) is 1.55. The smallest absolute Gasteiger partial charge is 0.133 e. The lowest BCUT2D eigenvalue weighted by Gasteiger charge is -2.33. The lowest BCUT2D eigenvalue weighted by molar-refractivity contribution is 0.448. The summed E-state index contributed by atoms with van der Waals surface area (Å²) in [5.74, 6) is -0.853. The SMILES string of the molecule is CCC(CC)(Pc1ccc(F)cc1F)c1ccccc1O. The van der Waals surface area contributed by atoms with E-state index >= 15 is 0 Å². The molecule has 2 rings (SSSR count). The van der Waals surface area contributed by atoms with Gasteiger partial charge in [-0.15, -0.1) is 0 Å². The molecule has 1 unspecified atom stereocenters. The van der Waals surface area contributed by atoms with Crippen molar-refractivity contribution in [1.82, 2.24) is 0 Å². The maximum absolute atomic E-state index is 14.0. The van der Waals surface area contributed by atoms with E-state index in [1.807, 2.05) is 26.0 Å². The first-order chi connectivity index (χ1) is 10.0. The summed E-state index contributed by atoms with van der Waals surface area (Å²) in [4.78, 5) is 0. The van der Waals surface area contributed by atoms with E-state index in [0.29, 0.717) is 5.30 Å². The van der Waals surface area contributed by atoms with Gasteiger partial charge in [-0.3, -0.25) is 0 Å². The summed E-state index contributed by atoms with van der Waals surface area (Å²) in [6, 6.07) is 10.9. The van der Waals surface area contributed by atoms with Gasteiger partial charge in [-0.05, 0) is 31.0 Å². The Morgan fingerprint density at radius 2 is 1.71 bits per heavy atom. The zero-order valence-electron chi connectivity index (χ0n) is 12.2. The van der Waals surface area contributed by atoms with Gasteiger partial charge in [0.05, 0.1) is 0 Å². The standard InChI is InChI=1S/C17H19F2OP/c1-3-17(4-2,13-7-5-6-8-15(13)20)21-16-10-9-12(18)11-14(16)19/h5-11,20-21H,3-4H2,1-2H3. The number of benzene rings is 2. The van der Waals surface area contributed by atoms with Gasteiger partial charge in [0.15, 0.2) is 0 Å². The number of phenols is 1. The molecular weight excluding hydrogens is 289 g/mol. The Labute approximate surface area is 125 Å². The van der Waals surface area contributed by atoms with E-state index in [9.17, 15) is 13.9 Å². The minimum absolute atomic E-state index is 0.133. The van der Waals surface area contributed by atoms with E-state index < -0.39 is 11.6 Å². The van der Waals surface area contributed by atoms with Gasteiger partial charge in [0.25, 0.3) is 0 Å². The van der Waals surface area contributed by atoms with Crippen LogP contribution in [0, 0.1) is 11.6 Å². The predicted molar refractivity (Wildman–Crippen MR) is 84.7 cm³/mol. The molecule has 0 saturated carbocycles. The Kier molecular flexibility index (Phi) is 4.95. The molecule has 0 amide bonds. The molecule has 21 heavy (non-hydrogen) atoms. The van der Waals surface area contributed by atoms with E-state index in [-0.39, 0.29) is 19.5 Å². The predicted octanol–water partition coefficient (Wildman–Crippen LogP) is 4.69. The topological polar surface area (TPSA) is 20.2 Å². The van der Waals surface area contributed by atoms with Crippen LogP contribution in [0.5, 0.6) is 5.75 Å². The molecular formula is C17H19F2OP. The van der Waals surface area contributed by atoms with Gasteiger partial charge in [0.2, 0.25) is 0 Å². The molecule has 0 saturated heterocycles. The van der Waals surface area contributed by atoms with Crippen molar-refractivity contribution < 1.29 is 13.9 Å². The van der Waals surface area contributed by atoms with Crippen LogP contribution in [0.25, 0.3) is 0 Å². The number of hydrogen-bond acceptors (Lipinski definition) is 1. The molecule has 1 atom stereocenters. The first-order valence-electron chi connectivity index (χ1n) is 7.04. The number of aromatic hydroxyl groups is 1. The second-order valence-corrected chi connectivity index (χ2v) is 6.80. The zero-order valence-corrected chi connectivity index (χ0v) is 13.2. The Morgan fingerprint density at radius 3 is 2.29 bits per heavy atom. The van der Waals surface area contributed by atoms with E-state index in [2.05, 4.69) is 0 Å². The lowest BCUT2D eigenvalue weighted by atomic mass is 9.92. The third-order valence-electron chi connectivity index (χ3n) is 3.93. The number of para-hydroxylation sites is 1. The summed E-state index contributed by atoms with van der Waals surface area (Å²) >= 11 is 0. The van der Waals surface area contributed by atoms with E-state index in [4.69, 9.17) is 0 Å². The van der Waals surface area contributed by atoms with Crippen LogP contribution in [0.2, 0.25) is 0 Å². The summed E-state index contributed by atoms with van der Waals surface area (Å²) in [7, 11) is 0.133. The average Bonchev–Trinajstić information content (AvgIpc) is 2.48. The monoisotopic (exact) mass is 308 g/mol. The maximum atomic E-state index is 14.0. The molecule has 1 nitrogen and oxygen atoms in total. The fourth-order valence-electron chi connectivity index (χ4n) is 2.60. The second-order valence-electron chi connectivity index (χ2n) is 5.06. The fraction of sp³-hybridized carbons (Fsp3) is 0.294. The summed E-state index contributed by atoms with van der Waals surface area (Å²) < 4.78 is 27.0. The van der Waals surface area contributed by atoms with Crippen LogP contribution in [0.1, 0.15) is 32.3 Å². The lowest BCUT2D eigenvalue weighted by Crippen LogP contribution is -2.23. The molecule has 0 heterocycles. The van der Waals surface area contributed by atoms with Gasteiger partial charge in [-0.25, -0.2) is 8.78 Å². The van der Waals surface area contributed by atoms with E-state index in [1.54, 1.807) is 12.1 Å². The molecule has 112 valence electrons. The molecule has 1 N–H and O–H groups in total. The maximum Gasteiger partial charge on any atom is 0.133 e. The molecule has 4 heteroatoms. The highest BCUT2D eigenvalue weighted by molar-refractivity contribution is 7.48. The molecule has 0 aliphatic rings. The average molecular weight is 308 g/mol. The molecule has 0 aliphatic heterocycles. The van der Waals surface area contributed by atoms with Gasteiger partial charge in [-0.2, -0.15) is 0 Å². The van der Waals surface area contributed by atoms with E-state index in [1.165, 1.54) is 12.1 Å². The molecule has 0 radical (unpaired) electrons. The quantitative estimate of drug-likeness (QED) is 0.795. The highest BCUT2D eigenvalue weighted by Gasteiger charge is 2.32. The number of hydrogen-bond donors (Lipinski definition) is 1.